The van der Waals surface area contributed by atoms with E-state index >= 15 is 0 Å². The third-order valence-corrected chi connectivity index (χ3v) is 4.59. The van der Waals surface area contributed by atoms with Crippen LogP contribution in [0.2, 0.25) is 0 Å². The van der Waals surface area contributed by atoms with Gasteiger partial charge in [0.05, 0.1) is 6.42 Å². The summed E-state index contributed by atoms with van der Waals surface area (Å²) in [6, 6.07) is 7.91. The molecule has 1 saturated heterocycles. The molecule has 1 fully saturated rings. The molecule has 1 aliphatic rings. The second kappa shape index (κ2) is 10.7. The fraction of sp³-hybridized carbons (Fsp3) is 0.529. The first-order valence-electron chi connectivity index (χ1n) is 8.11. The van der Waals surface area contributed by atoms with Gasteiger partial charge in [-0.15, -0.1) is 12.4 Å². The van der Waals surface area contributed by atoms with Crippen LogP contribution in [-0.2, 0) is 16.0 Å². The van der Waals surface area contributed by atoms with Gasteiger partial charge in [0, 0.05) is 36.6 Å². The number of nitrogens with two attached hydrogens (primary N) is 1. The van der Waals surface area contributed by atoms with Crippen LogP contribution in [0.4, 0.5) is 0 Å². The summed E-state index contributed by atoms with van der Waals surface area (Å²) in [5.74, 6) is 0.0818. The molecule has 24 heavy (non-hydrogen) atoms. The van der Waals surface area contributed by atoms with E-state index in [9.17, 15) is 9.59 Å². The van der Waals surface area contributed by atoms with Crippen LogP contribution < -0.4 is 11.1 Å². The predicted molar refractivity (Wildman–Crippen MR) is 101 cm³/mol. The van der Waals surface area contributed by atoms with Crippen LogP contribution in [0.1, 0.15) is 31.2 Å². The Kier molecular flexibility index (Phi) is 9.33. The van der Waals surface area contributed by atoms with Crippen molar-refractivity contribution in [3.8, 4) is 0 Å². The minimum absolute atomic E-state index is 0. The standard InChI is InChI=1S/C17H24BrN3O2.ClH/c18-14-5-3-4-13(10-14)11-17(23)21-9-2-1-6-15(21)12-20-16(22)7-8-19;/h3-5,10,15H,1-2,6-9,11-12,19H2,(H,20,22);1H. The van der Waals surface area contributed by atoms with Crippen molar-refractivity contribution in [1.29, 1.82) is 0 Å². The van der Waals surface area contributed by atoms with Crippen molar-refractivity contribution < 1.29 is 9.59 Å². The number of piperidine rings is 1. The van der Waals surface area contributed by atoms with Crippen LogP contribution >= 0.6 is 28.3 Å². The van der Waals surface area contributed by atoms with Crippen molar-refractivity contribution in [2.45, 2.75) is 38.1 Å². The lowest BCUT2D eigenvalue weighted by atomic mass is 10.0. The molecular formula is C17H25BrClN3O2. The predicted octanol–water partition coefficient (Wildman–Crippen LogP) is 2.26. The summed E-state index contributed by atoms with van der Waals surface area (Å²) in [6.45, 7) is 1.63. The molecule has 1 atom stereocenters. The molecule has 1 aliphatic heterocycles. The topological polar surface area (TPSA) is 75.4 Å². The van der Waals surface area contributed by atoms with Crippen LogP contribution in [-0.4, -0.2) is 42.4 Å². The Morgan fingerprint density at radius 2 is 2.12 bits per heavy atom. The average molecular weight is 419 g/mol. The SMILES string of the molecule is Cl.NCCC(=O)NCC1CCCCN1C(=O)Cc1cccc(Br)c1. The van der Waals surface area contributed by atoms with Gasteiger partial charge in [0.2, 0.25) is 11.8 Å². The number of carbonyl (C=O) groups excluding carboxylic acids is 2. The highest BCUT2D eigenvalue weighted by Gasteiger charge is 2.26. The van der Waals surface area contributed by atoms with Gasteiger partial charge in [-0.05, 0) is 37.0 Å². The van der Waals surface area contributed by atoms with E-state index in [1.165, 1.54) is 0 Å². The summed E-state index contributed by atoms with van der Waals surface area (Å²) >= 11 is 3.43. The molecule has 0 aliphatic carbocycles. The number of hydrogen-bond donors (Lipinski definition) is 2. The minimum Gasteiger partial charge on any atom is -0.354 e. The molecule has 2 rings (SSSR count). The van der Waals surface area contributed by atoms with Crippen molar-refractivity contribution in [2.75, 3.05) is 19.6 Å². The van der Waals surface area contributed by atoms with Gasteiger partial charge in [0.1, 0.15) is 0 Å². The lowest BCUT2D eigenvalue weighted by molar-refractivity contribution is -0.134. The first-order chi connectivity index (χ1) is 11.1. The Balaban J connectivity index is 0.00000288. The van der Waals surface area contributed by atoms with Crippen molar-refractivity contribution in [1.82, 2.24) is 10.2 Å². The highest BCUT2D eigenvalue weighted by Crippen LogP contribution is 2.19. The number of likely N-dealkylation sites (tertiary alicyclic amines) is 1. The Hall–Kier alpha value is -1.11. The first-order valence-corrected chi connectivity index (χ1v) is 8.90. The van der Waals surface area contributed by atoms with E-state index in [0.717, 1.165) is 35.8 Å². The lowest BCUT2D eigenvalue weighted by Gasteiger charge is -2.36. The molecule has 5 nitrogen and oxygen atoms in total. The zero-order valence-electron chi connectivity index (χ0n) is 13.7. The van der Waals surface area contributed by atoms with E-state index in [1.807, 2.05) is 29.2 Å². The summed E-state index contributed by atoms with van der Waals surface area (Å²) in [6.07, 6.45) is 3.79. The summed E-state index contributed by atoms with van der Waals surface area (Å²) in [7, 11) is 0. The van der Waals surface area contributed by atoms with Crippen LogP contribution in [0.25, 0.3) is 0 Å². The maximum Gasteiger partial charge on any atom is 0.227 e. The molecule has 0 aromatic heterocycles. The molecule has 134 valence electrons. The Bertz CT molecular complexity index is 556. The maximum absolute atomic E-state index is 12.6. The maximum atomic E-state index is 12.6. The molecule has 0 saturated carbocycles. The molecule has 1 unspecified atom stereocenters. The fourth-order valence-corrected chi connectivity index (χ4v) is 3.36. The van der Waals surface area contributed by atoms with Gasteiger partial charge in [-0.25, -0.2) is 0 Å². The molecule has 1 heterocycles. The monoisotopic (exact) mass is 417 g/mol. The zero-order chi connectivity index (χ0) is 16.7. The number of nitrogens with one attached hydrogen (secondary N) is 1. The van der Waals surface area contributed by atoms with E-state index < -0.39 is 0 Å². The quantitative estimate of drug-likeness (QED) is 0.744. The lowest BCUT2D eigenvalue weighted by Crippen LogP contribution is -2.50. The van der Waals surface area contributed by atoms with Crippen LogP contribution in [0.15, 0.2) is 28.7 Å². The number of rotatable bonds is 6. The van der Waals surface area contributed by atoms with Gasteiger partial charge in [0.15, 0.2) is 0 Å². The molecule has 2 amide bonds. The second-order valence-corrected chi connectivity index (χ2v) is 6.80. The summed E-state index contributed by atoms with van der Waals surface area (Å²) in [4.78, 5) is 26.2. The van der Waals surface area contributed by atoms with Crippen LogP contribution in [0.5, 0.6) is 0 Å². The molecule has 0 spiro atoms. The zero-order valence-corrected chi connectivity index (χ0v) is 16.1. The number of carbonyl (C=O) groups is 2. The van der Waals surface area contributed by atoms with Crippen LogP contribution in [0.3, 0.4) is 0 Å². The van der Waals surface area contributed by atoms with Gasteiger partial charge in [0.25, 0.3) is 0 Å². The number of amides is 2. The smallest absolute Gasteiger partial charge is 0.227 e. The van der Waals surface area contributed by atoms with E-state index in [4.69, 9.17) is 5.73 Å². The molecule has 0 radical (unpaired) electrons. The highest BCUT2D eigenvalue weighted by atomic mass is 79.9. The Labute approximate surface area is 157 Å². The van der Waals surface area contributed by atoms with Crippen LogP contribution in [0, 0.1) is 0 Å². The van der Waals surface area contributed by atoms with Gasteiger partial charge in [-0.1, -0.05) is 28.1 Å². The third-order valence-electron chi connectivity index (χ3n) is 4.10. The van der Waals surface area contributed by atoms with Crippen molar-refractivity contribution in [3.63, 3.8) is 0 Å². The number of nitrogens with zero attached hydrogens (tertiary/aromatic N) is 1. The van der Waals surface area contributed by atoms with Gasteiger partial charge in [-0.2, -0.15) is 0 Å². The number of benzene rings is 1. The van der Waals surface area contributed by atoms with E-state index in [-0.39, 0.29) is 30.3 Å². The molecule has 0 bridgehead atoms. The van der Waals surface area contributed by atoms with Gasteiger partial charge < -0.3 is 16.0 Å². The second-order valence-electron chi connectivity index (χ2n) is 5.89. The number of halogens is 2. The molecule has 3 N–H and O–H groups in total. The molecule has 1 aromatic rings. The largest absolute Gasteiger partial charge is 0.354 e. The summed E-state index contributed by atoms with van der Waals surface area (Å²) in [5.41, 5.74) is 6.38. The molecule has 7 heteroatoms. The van der Waals surface area contributed by atoms with E-state index in [1.54, 1.807) is 0 Å². The Morgan fingerprint density at radius 3 is 2.83 bits per heavy atom. The minimum atomic E-state index is -0.0440. The van der Waals surface area contributed by atoms with Crippen molar-refractivity contribution >= 4 is 40.2 Å². The third kappa shape index (κ3) is 6.42. The summed E-state index contributed by atoms with van der Waals surface area (Å²) < 4.78 is 0.979. The van der Waals surface area contributed by atoms with Gasteiger partial charge >= 0.3 is 0 Å². The van der Waals surface area contributed by atoms with Gasteiger partial charge in [-0.3, -0.25) is 9.59 Å². The average Bonchev–Trinajstić information content (AvgIpc) is 2.53. The van der Waals surface area contributed by atoms with Crippen molar-refractivity contribution in [2.24, 2.45) is 5.73 Å². The van der Waals surface area contributed by atoms with E-state index in [0.29, 0.717) is 25.9 Å². The summed E-state index contributed by atoms with van der Waals surface area (Å²) in [5, 5.41) is 2.89. The van der Waals surface area contributed by atoms with Crippen molar-refractivity contribution in [3.05, 3.63) is 34.3 Å². The van der Waals surface area contributed by atoms with E-state index in [2.05, 4.69) is 21.2 Å². The normalized spacial score (nSPS) is 17.1. The Morgan fingerprint density at radius 1 is 1.33 bits per heavy atom. The fourth-order valence-electron chi connectivity index (χ4n) is 2.92. The molecule has 1 aromatic carbocycles. The number of hydrogen-bond acceptors (Lipinski definition) is 3. The highest BCUT2D eigenvalue weighted by molar-refractivity contribution is 9.10. The first kappa shape index (κ1) is 20.9. The molecular weight excluding hydrogens is 394 g/mol.